The van der Waals surface area contributed by atoms with Crippen LogP contribution in [0.2, 0.25) is 0 Å². The molecule has 0 unspecified atom stereocenters. The molecule has 1 aromatic heterocycles. The molecule has 0 bridgehead atoms. The SMILES string of the molecule is Cc1cc(C(F)(F)F)ncc1C1=CC1. The quantitative estimate of drug-likeness (QED) is 0.676. The molecule has 1 aliphatic rings. The van der Waals surface area contributed by atoms with E-state index in [0.29, 0.717) is 5.56 Å². The first-order valence-corrected chi connectivity index (χ1v) is 4.22. The van der Waals surface area contributed by atoms with Crippen LogP contribution in [-0.2, 0) is 6.18 Å². The van der Waals surface area contributed by atoms with Crippen LogP contribution in [-0.4, -0.2) is 4.98 Å². The Balaban J connectivity index is 2.40. The number of halogens is 3. The van der Waals surface area contributed by atoms with E-state index in [-0.39, 0.29) is 0 Å². The average Bonchev–Trinajstić information content (AvgIpc) is 2.85. The highest BCUT2D eigenvalue weighted by molar-refractivity contribution is 5.78. The molecule has 0 fully saturated rings. The summed E-state index contributed by atoms with van der Waals surface area (Å²) < 4.78 is 36.7. The number of hydrogen-bond acceptors (Lipinski definition) is 1. The summed E-state index contributed by atoms with van der Waals surface area (Å²) in [6.07, 6.45) is -0.205. The van der Waals surface area contributed by atoms with E-state index in [9.17, 15) is 13.2 Å². The summed E-state index contributed by atoms with van der Waals surface area (Å²) in [4.78, 5) is 3.41. The van der Waals surface area contributed by atoms with Gasteiger partial charge in [-0.25, -0.2) is 0 Å². The number of allylic oxidation sites excluding steroid dienone is 2. The smallest absolute Gasteiger partial charge is 0.251 e. The fourth-order valence-electron chi connectivity index (χ4n) is 1.32. The molecule has 0 N–H and O–H groups in total. The molecule has 0 aliphatic heterocycles. The molecule has 1 nitrogen and oxygen atoms in total. The van der Waals surface area contributed by atoms with Crippen LogP contribution in [0.4, 0.5) is 13.2 Å². The first-order valence-electron chi connectivity index (χ1n) is 4.22. The number of rotatable bonds is 1. The van der Waals surface area contributed by atoms with Gasteiger partial charge in [-0.15, -0.1) is 0 Å². The van der Waals surface area contributed by atoms with Crippen LogP contribution in [0, 0.1) is 6.92 Å². The van der Waals surface area contributed by atoms with Gasteiger partial charge < -0.3 is 0 Å². The standard InChI is InChI=1S/C10H8F3N/c1-6-4-9(10(11,12)13)14-5-8(6)7-2-3-7/h2,4-5H,3H2,1H3. The molecule has 74 valence electrons. The van der Waals surface area contributed by atoms with E-state index in [0.717, 1.165) is 23.6 Å². The van der Waals surface area contributed by atoms with Crippen molar-refractivity contribution in [1.82, 2.24) is 4.98 Å². The van der Waals surface area contributed by atoms with Gasteiger partial charge in [0.05, 0.1) is 0 Å². The molecule has 2 rings (SSSR count). The largest absolute Gasteiger partial charge is 0.433 e. The minimum absolute atomic E-state index is 0.635. The van der Waals surface area contributed by atoms with Crippen molar-refractivity contribution in [3.8, 4) is 0 Å². The molecule has 0 atom stereocenters. The van der Waals surface area contributed by atoms with Crippen LogP contribution in [0.5, 0.6) is 0 Å². The lowest BCUT2D eigenvalue weighted by Gasteiger charge is -2.08. The lowest BCUT2D eigenvalue weighted by molar-refractivity contribution is -0.141. The zero-order valence-corrected chi connectivity index (χ0v) is 7.52. The highest BCUT2D eigenvalue weighted by atomic mass is 19.4. The number of hydrogen-bond donors (Lipinski definition) is 0. The Morgan fingerprint density at radius 3 is 2.43 bits per heavy atom. The first kappa shape index (κ1) is 9.24. The van der Waals surface area contributed by atoms with Crippen molar-refractivity contribution in [3.63, 3.8) is 0 Å². The number of pyridine rings is 1. The zero-order valence-electron chi connectivity index (χ0n) is 7.52. The maximum atomic E-state index is 12.2. The molecule has 4 heteroatoms. The second kappa shape index (κ2) is 2.83. The maximum Gasteiger partial charge on any atom is 0.433 e. The lowest BCUT2D eigenvalue weighted by atomic mass is 10.1. The zero-order chi connectivity index (χ0) is 10.3. The van der Waals surface area contributed by atoms with Crippen molar-refractivity contribution in [2.45, 2.75) is 19.5 Å². The van der Waals surface area contributed by atoms with Crippen molar-refractivity contribution in [1.29, 1.82) is 0 Å². The summed E-state index contributed by atoms with van der Waals surface area (Å²) in [6, 6.07) is 1.09. The summed E-state index contributed by atoms with van der Waals surface area (Å²) in [5.74, 6) is 0. The molecular weight excluding hydrogens is 191 g/mol. The molecule has 0 spiro atoms. The van der Waals surface area contributed by atoms with Crippen LogP contribution < -0.4 is 0 Å². The molecule has 1 aliphatic carbocycles. The molecule has 0 aromatic carbocycles. The van der Waals surface area contributed by atoms with Crippen molar-refractivity contribution in [2.75, 3.05) is 0 Å². The maximum absolute atomic E-state index is 12.2. The predicted molar refractivity (Wildman–Crippen MR) is 46.6 cm³/mol. The van der Waals surface area contributed by atoms with Crippen LogP contribution in [0.15, 0.2) is 18.3 Å². The van der Waals surface area contributed by atoms with Gasteiger partial charge in [0.2, 0.25) is 0 Å². The van der Waals surface area contributed by atoms with Crippen LogP contribution in [0.25, 0.3) is 5.57 Å². The Labute approximate surface area is 79.3 Å². The molecule has 1 heterocycles. The lowest BCUT2D eigenvalue weighted by Crippen LogP contribution is -2.08. The van der Waals surface area contributed by atoms with Gasteiger partial charge in [-0.3, -0.25) is 4.98 Å². The molecule has 0 saturated heterocycles. The fourth-order valence-corrected chi connectivity index (χ4v) is 1.32. The number of aryl methyl sites for hydroxylation is 1. The van der Waals surface area contributed by atoms with Crippen molar-refractivity contribution < 1.29 is 13.2 Å². The summed E-state index contributed by atoms with van der Waals surface area (Å²) >= 11 is 0. The third-order valence-electron chi connectivity index (χ3n) is 2.16. The third kappa shape index (κ3) is 1.64. The van der Waals surface area contributed by atoms with Crippen molar-refractivity contribution >= 4 is 5.57 Å². The van der Waals surface area contributed by atoms with Gasteiger partial charge in [0.15, 0.2) is 0 Å². The van der Waals surface area contributed by atoms with Crippen LogP contribution in [0.3, 0.4) is 0 Å². The highest BCUT2D eigenvalue weighted by Crippen LogP contribution is 2.35. The summed E-state index contributed by atoms with van der Waals surface area (Å²) in [7, 11) is 0. The van der Waals surface area contributed by atoms with Gasteiger partial charge in [-0.05, 0) is 36.1 Å². The Kier molecular flexibility index (Phi) is 1.87. The first-order chi connectivity index (χ1) is 6.48. The predicted octanol–water partition coefficient (Wildman–Crippen LogP) is 3.20. The minimum Gasteiger partial charge on any atom is -0.251 e. The number of aromatic nitrogens is 1. The summed E-state index contributed by atoms with van der Waals surface area (Å²) in [5.41, 5.74) is 1.73. The Bertz CT molecular complexity index is 404. The molecule has 1 aromatic rings. The fraction of sp³-hybridized carbons (Fsp3) is 0.300. The Morgan fingerprint density at radius 2 is 2.00 bits per heavy atom. The van der Waals surface area contributed by atoms with Gasteiger partial charge in [0.1, 0.15) is 5.69 Å². The molecule has 0 amide bonds. The second-order valence-electron chi connectivity index (χ2n) is 3.32. The minimum atomic E-state index is -4.35. The van der Waals surface area contributed by atoms with E-state index in [1.165, 1.54) is 6.20 Å². The number of alkyl halides is 3. The van der Waals surface area contributed by atoms with E-state index in [1.807, 2.05) is 6.08 Å². The Morgan fingerprint density at radius 1 is 1.36 bits per heavy atom. The Hall–Kier alpha value is -1.32. The topological polar surface area (TPSA) is 12.9 Å². The molecule has 0 saturated carbocycles. The third-order valence-corrected chi connectivity index (χ3v) is 2.16. The van der Waals surface area contributed by atoms with Crippen molar-refractivity contribution in [2.24, 2.45) is 0 Å². The van der Waals surface area contributed by atoms with E-state index in [2.05, 4.69) is 4.98 Å². The van der Waals surface area contributed by atoms with E-state index in [4.69, 9.17) is 0 Å². The van der Waals surface area contributed by atoms with Crippen LogP contribution in [0.1, 0.15) is 23.2 Å². The van der Waals surface area contributed by atoms with E-state index in [1.54, 1.807) is 6.92 Å². The second-order valence-corrected chi connectivity index (χ2v) is 3.32. The summed E-state index contributed by atoms with van der Waals surface area (Å²) in [5, 5.41) is 0. The van der Waals surface area contributed by atoms with Crippen molar-refractivity contribution in [3.05, 3.63) is 35.2 Å². The van der Waals surface area contributed by atoms with Gasteiger partial charge in [0.25, 0.3) is 0 Å². The molecular formula is C10H8F3N. The summed E-state index contributed by atoms with van der Waals surface area (Å²) in [6.45, 7) is 1.67. The molecule has 0 radical (unpaired) electrons. The highest BCUT2D eigenvalue weighted by Gasteiger charge is 2.32. The van der Waals surface area contributed by atoms with Gasteiger partial charge in [-0.1, -0.05) is 6.08 Å². The van der Waals surface area contributed by atoms with Gasteiger partial charge in [-0.2, -0.15) is 13.2 Å². The molecule has 14 heavy (non-hydrogen) atoms. The average molecular weight is 199 g/mol. The number of nitrogens with zero attached hydrogens (tertiary/aromatic N) is 1. The van der Waals surface area contributed by atoms with Crippen LogP contribution >= 0.6 is 0 Å². The normalized spacial score (nSPS) is 15.3. The van der Waals surface area contributed by atoms with Gasteiger partial charge in [0, 0.05) is 6.20 Å². The van der Waals surface area contributed by atoms with E-state index < -0.39 is 11.9 Å². The van der Waals surface area contributed by atoms with Gasteiger partial charge >= 0.3 is 6.18 Å². The monoisotopic (exact) mass is 199 g/mol. The van der Waals surface area contributed by atoms with E-state index >= 15 is 0 Å².